The number of nitrogens with one attached hydrogen (secondary N) is 1. The Kier molecular flexibility index (Phi) is 3.03. The number of aryl methyl sites for hydroxylation is 1. The summed E-state index contributed by atoms with van der Waals surface area (Å²) in [5.41, 5.74) is 5.46. The minimum atomic E-state index is -0.430. The molecule has 20 heavy (non-hydrogen) atoms. The summed E-state index contributed by atoms with van der Waals surface area (Å²) in [6.45, 7) is 0. The van der Waals surface area contributed by atoms with Crippen molar-refractivity contribution < 1.29 is 4.92 Å². The number of nitrogens with zero attached hydrogens (tertiary/aromatic N) is 3. The largest absolute Gasteiger partial charge is 0.308 e. The van der Waals surface area contributed by atoms with E-state index < -0.39 is 4.92 Å². The molecule has 0 aliphatic heterocycles. The van der Waals surface area contributed by atoms with Crippen LogP contribution in [0, 0.1) is 10.1 Å². The molecular weight excluding hydrogens is 258 g/mol. The summed E-state index contributed by atoms with van der Waals surface area (Å²) >= 11 is 0. The van der Waals surface area contributed by atoms with Gasteiger partial charge in [0.05, 0.1) is 4.92 Å². The lowest BCUT2D eigenvalue weighted by Crippen LogP contribution is -2.12. The normalized spacial score (nSPS) is 13.1. The molecule has 0 bridgehead atoms. The molecule has 7 heteroatoms. The Morgan fingerprint density at radius 2 is 1.95 bits per heavy atom. The number of hydrogen-bond acceptors (Lipinski definition) is 6. The van der Waals surface area contributed by atoms with E-state index in [1.54, 1.807) is 12.1 Å². The lowest BCUT2D eigenvalue weighted by molar-refractivity contribution is -0.384. The Hall–Kier alpha value is -2.54. The van der Waals surface area contributed by atoms with Gasteiger partial charge < -0.3 is 5.43 Å². The summed E-state index contributed by atoms with van der Waals surface area (Å²) in [6, 6.07) is 6.19. The molecule has 0 spiro atoms. The monoisotopic (exact) mass is 271 g/mol. The van der Waals surface area contributed by atoms with Crippen molar-refractivity contribution in [2.75, 3.05) is 5.43 Å². The second-order valence-electron chi connectivity index (χ2n) is 4.62. The number of fused-ring (bicyclic) bond motifs is 1. The number of hydrogen-bond donors (Lipinski definition) is 2. The summed E-state index contributed by atoms with van der Waals surface area (Å²) in [5.74, 6) is 6.68. The van der Waals surface area contributed by atoms with E-state index in [4.69, 9.17) is 5.84 Å². The maximum absolute atomic E-state index is 10.7. The van der Waals surface area contributed by atoms with E-state index >= 15 is 0 Å². The van der Waals surface area contributed by atoms with Crippen molar-refractivity contribution in [1.29, 1.82) is 0 Å². The van der Waals surface area contributed by atoms with Crippen LogP contribution in [0.1, 0.15) is 17.7 Å². The summed E-state index contributed by atoms with van der Waals surface area (Å²) < 4.78 is 0. The molecule has 0 unspecified atom stereocenters. The highest BCUT2D eigenvalue weighted by molar-refractivity contribution is 5.61. The predicted octanol–water partition coefficient (Wildman–Crippen LogP) is 1.83. The van der Waals surface area contributed by atoms with Crippen molar-refractivity contribution in [3.8, 4) is 11.4 Å². The smallest absolute Gasteiger partial charge is 0.269 e. The molecule has 0 saturated carbocycles. The van der Waals surface area contributed by atoms with Crippen LogP contribution in [0.4, 0.5) is 11.5 Å². The van der Waals surface area contributed by atoms with Gasteiger partial charge in [-0.2, -0.15) is 0 Å². The second kappa shape index (κ2) is 4.86. The summed E-state index contributed by atoms with van der Waals surface area (Å²) in [6.07, 6.45) is 2.88. The third-order valence-corrected chi connectivity index (χ3v) is 3.41. The Labute approximate surface area is 115 Å². The van der Waals surface area contributed by atoms with Gasteiger partial charge in [0.15, 0.2) is 5.82 Å². The number of aromatic nitrogens is 2. The third-order valence-electron chi connectivity index (χ3n) is 3.41. The standard InChI is InChI=1S/C13H13N5O2/c14-17-13-10-2-1-3-11(10)15-12(16-13)8-4-6-9(7-5-8)18(19)20/h4-7H,1-3,14H2,(H,15,16,17). The van der Waals surface area contributed by atoms with Crippen LogP contribution in [0.5, 0.6) is 0 Å². The van der Waals surface area contributed by atoms with Crippen LogP contribution in [0.25, 0.3) is 11.4 Å². The van der Waals surface area contributed by atoms with Crippen molar-refractivity contribution in [3.63, 3.8) is 0 Å². The van der Waals surface area contributed by atoms with Crippen molar-refractivity contribution in [2.45, 2.75) is 19.3 Å². The number of non-ortho nitro benzene ring substituents is 1. The zero-order chi connectivity index (χ0) is 14.1. The second-order valence-corrected chi connectivity index (χ2v) is 4.62. The van der Waals surface area contributed by atoms with Crippen molar-refractivity contribution in [1.82, 2.24) is 9.97 Å². The molecule has 0 fully saturated rings. The molecule has 0 saturated heterocycles. The number of nitro benzene ring substituents is 1. The number of rotatable bonds is 3. The Morgan fingerprint density at radius 1 is 1.20 bits per heavy atom. The fourth-order valence-corrected chi connectivity index (χ4v) is 2.41. The average molecular weight is 271 g/mol. The maximum Gasteiger partial charge on any atom is 0.269 e. The van der Waals surface area contributed by atoms with Gasteiger partial charge in [0.2, 0.25) is 0 Å². The first-order valence-corrected chi connectivity index (χ1v) is 6.30. The lowest BCUT2D eigenvalue weighted by Gasteiger charge is -2.09. The number of anilines is 1. The highest BCUT2D eigenvalue weighted by Gasteiger charge is 2.19. The van der Waals surface area contributed by atoms with Crippen molar-refractivity contribution >= 4 is 11.5 Å². The number of nitrogen functional groups attached to an aromatic ring is 1. The highest BCUT2D eigenvalue weighted by Crippen LogP contribution is 2.29. The van der Waals surface area contributed by atoms with Gasteiger partial charge >= 0.3 is 0 Å². The van der Waals surface area contributed by atoms with Crippen LogP contribution in [0.15, 0.2) is 24.3 Å². The molecule has 1 aliphatic rings. The van der Waals surface area contributed by atoms with Gasteiger partial charge in [-0.15, -0.1) is 0 Å². The average Bonchev–Trinajstić information content (AvgIpc) is 2.94. The molecule has 1 heterocycles. The van der Waals surface area contributed by atoms with Crippen molar-refractivity contribution in [2.24, 2.45) is 5.84 Å². The number of nitro groups is 1. The van der Waals surface area contributed by atoms with E-state index in [1.807, 2.05) is 0 Å². The molecule has 0 atom stereocenters. The first-order valence-electron chi connectivity index (χ1n) is 6.30. The maximum atomic E-state index is 10.7. The first-order chi connectivity index (χ1) is 9.69. The highest BCUT2D eigenvalue weighted by atomic mass is 16.6. The SMILES string of the molecule is NNc1nc(-c2ccc([N+](=O)[O-])cc2)nc2c1CCC2. The quantitative estimate of drug-likeness (QED) is 0.501. The zero-order valence-corrected chi connectivity index (χ0v) is 10.7. The molecule has 3 N–H and O–H groups in total. The van der Waals surface area contributed by atoms with E-state index in [2.05, 4.69) is 15.4 Å². The van der Waals surface area contributed by atoms with Crippen molar-refractivity contribution in [3.05, 3.63) is 45.6 Å². The topological polar surface area (TPSA) is 107 Å². The van der Waals surface area contributed by atoms with Gasteiger partial charge in [0.25, 0.3) is 5.69 Å². The molecular formula is C13H13N5O2. The number of benzene rings is 1. The molecule has 1 aromatic carbocycles. The van der Waals surface area contributed by atoms with Gasteiger partial charge in [0.1, 0.15) is 5.82 Å². The predicted molar refractivity (Wildman–Crippen MR) is 74.0 cm³/mol. The first kappa shape index (κ1) is 12.5. The van der Waals surface area contributed by atoms with Crippen LogP contribution < -0.4 is 11.3 Å². The number of nitrogens with two attached hydrogens (primary N) is 1. The van der Waals surface area contributed by atoms with Gasteiger partial charge in [-0.3, -0.25) is 10.1 Å². The van der Waals surface area contributed by atoms with Gasteiger partial charge in [-0.1, -0.05) is 0 Å². The van der Waals surface area contributed by atoms with E-state index in [1.165, 1.54) is 12.1 Å². The van der Waals surface area contributed by atoms with Crippen LogP contribution in [-0.4, -0.2) is 14.9 Å². The molecule has 102 valence electrons. The van der Waals surface area contributed by atoms with E-state index in [0.29, 0.717) is 11.6 Å². The Balaban J connectivity index is 2.04. The molecule has 3 rings (SSSR count). The molecule has 0 radical (unpaired) electrons. The minimum Gasteiger partial charge on any atom is -0.308 e. The number of hydrazine groups is 1. The van der Waals surface area contributed by atoms with E-state index in [9.17, 15) is 10.1 Å². The molecule has 1 aliphatic carbocycles. The fourth-order valence-electron chi connectivity index (χ4n) is 2.41. The Bertz CT molecular complexity index is 669. The van der Waals surface area contributed by atoms with Crippen LogP contribution in [0.2, 0.25) is 0 Å². The summed E-state index contributed by atoms with van der Waals surface area (Å²) in [4.78, 5) is 19.1. The van der Waals surface area contributed by atoms with Gasteiger partial charge in [-0.05, 0) is 31.4 Å². The van der Waals surface area contributed by atoms with Crippen LogP contribution >= 0.6 is 0 Å². The third kappa shape index (κ3) is 2.08. The fraction of sp³-hybridized carbons (Fsp3) is 0.231. The van der Waals surface area contributed by atoms with Gasteiger partial charge in [0, 0.05) is 29.0 Å². The van der Waals surface area contributed by atoms with Crippen LogP contribution in [-0.2, 0) is 12.8 Å². The van der Waals surface area contributed by atoms with E-state index in [-0.39, 0.29) is 5.69 Å². The van der Waals surface area contributed by atoms with Crippen LogP contribution in [0.3, 0.4) is 0 Å². The minimum absolute atomic E-state index is 0.0482. The molecule has 1 aromatic heterocycles. The Morgan fingerprint density at radius 3 is 2.60 bits per heavy atom. The molecule has 2 aromatic rings. The summed E-state index contributed by atoms with van der Waals surface area (Å²) in [7, 11) is 0. The molecule has 7 nitrogen and oxygen atoms in total. The molecule has 0 amide bonds. The summed E-state index contributed by atoms with van der Waals surface area (Å²) in [5, 5.41) is 10.7. The zero-order valence-electron chi connectivity index (χ0n) is 10.7. The lowest BCUT2D eigenvalue weighted by atomic mass is 10.1. The van der Waals surface area contributed by atoms with Gasteiger partial charge in [-0.25, -0.2) is 15.8 Å². The van der Waals surface area contributed by atoms with E-state index in [0.717, 1.165) is 36.1 Å².